The molecule has 8 heteroatoms. The van der Waals surface area contributed by atoms with Crippen LogP contribution in [0.3, 0.4) is 0 Å². The second-order valence-electron chi connectivity index (χ2n) is 10.1. The molecule has 0 N–H and O–H groups in total. The summed E-state index contributed by atoms with van der Waals surface area (Å²) in [5, 5.41) is 1.24. The largest absolute Gasteiger partial charge is 0.451 e. The molecule has 200 valence electrons. The Labute approximate surface area is 235 Å². The number of halogens is 1. The number of anilines is 1. The molecule has 1 heterocycles. The van der Waals surface area contributed by atoms with Crippen LogP contribution >= 0.6 is 18.9 Å². The normalized spacial score (nSPS) is 16.9. The van der Waals surface area contributed by atoms with Gasteiger partial charge in [0.2, 0.25) is 7.28 Å². The molecular weight excluding hydrogens is 547 g/mol. The molecule has 5 nitrogen and oxygen atoms in total. The van der Waals surface area contributed by atoms with E-state index in [0.717, 1.165) is 22.5 Å². The molecular formula is C31H30ClN2O3PS. The van der Waals surface area contributed by atoms with E-state index in [1.54, 1.807) is 48.5 Å². The maximum atomic E-state index is 13.9. The van der Waals surface area contributed by atoms with Gasteiger partial charge >= 0.3 is 0 Å². The van der Waals surface area contributed by atoms with E-state index in [2.05, 4.69) is 35.0 Å². The Balaban J connectivity index is 1.83. The third-order valence-electron chi connectivity index (χ3n) is 6.97. The highest BCUT2D eigenvalue weighted by Gasteiger charge is 2.41. The minimum Gasteiger partial charge on any atom is -0.451 e. The van der Waals surface area contributed by atoms with Gasteiger partial charge in [-0.05, 0) is 67.1 Å². The predicted molar refractivity (Wildman–Crippen MR) is 162 cm³/mol. The van der Waals surface area contributed by atoms with Crippen LogP contribution in [0, 0.1) is 6.92 Å². The van der Waals surface area contributed by atoms with Crippen LogP contribution in [0.1, 0.15) is 25.0 Å². The molecule has 0 bridgehead atoms. The lowest BCUT2D eigenvalue weighted by Crippen LogP contribution is -2.24. The van der Waals surface area contributed by atoms with Crippen LogP contribution < -0.4 is 14.7 Å². The van der Waals surface area contributed by atoms with E-state index in [1.165, 1.54) is 0 Å². The number of likely N-dealkylation sites (N-methyl/N-ethyl adjacent to an activating group) is 1. The van der Waals surface area contributed by atoms with Crippen LogP contribution in [0.5, 0.6) is 5.75 Å². The fraction of sp³-hybridized carbons (Fsp3) is 0.161. The van der Waals surface area contributed by atoms with E-state index in [-0.39, 0.29) is 4.90 Å². The highest BCUT2D eigenvalue weighted by atomic mass is 35.5. The maximum absolute atomic E-state index is 13.9. The van der Waals surface area contributed by atoms with Crippen molar-refractivity contribution >= 4 is 39.9 Å². The van der Waals surface area contributed by atoms with Crippen LogP contribution in [0.15, 0.2) is 124 Å². The summed E-state index contributed by atoms with van der Waals surface area (Å²) in [6, 6.07) is 31.2. The van der Waals surface area contributed by atoms with Crippen LogP contribution in [-0.2, 0) is 15.4 Å². The minimum atomic E-state index is -4.11. The number of para-hydroxylation sites is 1. The van der Waals surface area contributed by atoms with Crippen molar-refractivity contribution in [1.29, 1.82) is 0 Å². The molecule has 4 aromatic carbocycles. The predicted octanol–water partition coefficient (Wildman–Crippen LogP) is 8.13. The number of fused-ring (bicyclic) bond motifs is 1. The fourth-order valence-electron chi connectivity index (χ4n) is 4.85. The molecule has 4 aromatic rings. The number of hydrogen-bond acceptors (Lipinski definition) is 4. The van der Waals surface area contributed by atoms with Gasteiger partial charge in [-0.3, -0.25) is 0 Å². The molecule has 1 aliphatic heterocycles. The molecule has 0 aromatic heterocycles. The lowest BCUT2D eigenvalue weighted by molar-refractivity contribution is 0.593. The summed E-state index contributed by atoms with van der Waals surface area (Å²) in [6.07, 6.45) is 0. The van der Waals surface area contributed by atoms with Crippen LogP contribution in [0.2, 0.25) is 5.02 Å². The van der Waals surface area contributed by atoms with Gasteiger partial charge in [-0.15, -0.1) is 4.15 Å². The molecule has 5 rings (SSSR count). The van der Waals surface area contributed by atoms with Crippen molar-refractivity contribution in [3.63, 3.8) is 0 Å². The summed E-state index contributed by atoms with van der Waals surface area (Å²) >= 11 is 6.16. The highest BCUT2D eigenvalue weighted by Crippen LogP contribution is 2.58. The van der Waals surface area contributed by atoms with Crippen molar-refractivity contribution in [2.75, 3.05) is 11.9 Å². The molecule has 0 radical (unpaired) electrons. The minimum absolute atomic E-state index is 0.119. The van der Waals surface area contributed by atoms with Gasteiger partial charge < -0.3 is 9.42 Å². The van der Waals surface area contributed by atoms with Gasteiger partial charge in [-0.2, -0.15) is 8.42 Å². The molecule has 0 saturated heterocycles. The highest BCUT2D eigenvalue weighted by molar-refractivity contribution is 7.95. The molecule has 1 atom stereocenters. The van der Waals surface area contributed by atoms with E-state index < -0.39 is 22.7 Å². The lowest BCUT2D eigenvalue weighted by Gasteiger charge is -2.29. The van der Waals surface area contributed by atoms with Gasteiger partial charge in [-0.25, -0.2) is 0 Å². The fourth-order valence-corrected chi connectivity index (χ4v) is 9.99. The topological polar surface area (TPSA) is 59.0 Å². The van der Waals surface area contributed by atoms with Crippen LogP contribution in [0.4, 0.5) is 5.69 Å². The molecule has 0 saturated carbocycles. The van der Waals surface area contributed by atoms with Gasteiger partial charge in [0, 0.05) is 40.0 Å². The average Bonchev–Trinajstić information content (AvgIpc) is 3.11. The summed E-state index contributed by atoms with van der Waals surface area (Å²) < 4.78 is 39.3. The molecule has 39 heavy (non-hydrogen) atoms. The third-order valence-corrected chi connectivity index (χ3v) is 12.0. The van der Waals surface area contributed by atoms with Crippen molar-refractivity contribution < 1.29 is 12.9 Å². The number of allylic oxidation sites excluding steroid dienone is 1. The zero-order valence-electron chi connectivity index (χ0n) is 22.2. The van der Waals surface area contributed by atoms with Gasteiger partial charge in [0.05, 0.1) is 4.90 Å². The van der Waals surface area contributed by atoms with Crippen molar-refractivity contribution in [3.05, 3.63) is 131 Å². The van der Waals surface area contributed by atoms with Gasteiger partial charge in [0.15, 0.2) is 0 Å². The Kier molecular flexibility index (Phi) is 7.23. The molecule has 1 aliphatic rings. The number of benzene rings is 4. The van der Waals surface area contributed by atoms with E-state index >= 15 is 0 Å². The Morgan fingerprint density at radius 2 is 1.49 bits per heavy atom. The standard InChI is InChI=1S/C31H30ClN2O3PS/c1-23-14-20-27(21-15-23)39(35,36)33-38(26-10-6-5-7-11-26,37-25-18-16-24(32)17-19-25)22-30-31(2,3)28-12-8-9-13-29(28)34(30)4/h5-22H,1-4H3. The Hall–Kier alpha value is -3.31. The quantitative estimate of drug-likeness (QED) is 0.217. The van der Waals surface area contributed by atoms with Crippen molar-refractivity contribution in [3.8, 4) is 5.75 Å². The maximum Gasteiger partial charge on any atom is 0.284 e. The summed E-state index contributed by atoms with van der Waals surface area (Å²) in [5.74, 6) is 2.43. The Bertz CT molecular complexity index is 1700. The smallest absolute Gasteiger partial charge is 0.284 e. The number of nitrogens with zero attached hydrogens (tertiary/aromatic N) is 2. The summed E-state index contributed by atoms with van der Waals surface area (Å²) in [5.41, 5.74) is 3.67. The van der Waals surface area contributed by atoms with E-state index in [4.69, 9.17) is 16.1 Å². The SMILES string of the molecule is Cc1ccc(S(=O)(=O)N=P(C=C2N(C)c3ccccc3C2(C)C)(Oc2ccc(Cl)cc2)c2ccccc2)cc1. The first kappa shape index (κ1) is 27.3. The summed E-state index contributed by atoms with van der Waals surface area (Å²) in [7, 11) is -5.51. The van der Waals surface area contributed by atoms with Gasteiger partial charge in [-0.1, -0.05) is 79.5 Å². The molecule has 0 fully saturated rings. The van der Waals surface area contributed by atoms with Gasteiger partial charge in [0.25, 0.3) is 10.0 Å². The molecule has 1 unspecified atom stereocenters. The van der Waals surface area contributed by atoms with Crippen molar-refractivity contribution in [2.45, 2.75) is 31.1 Å². The Morgan fingerprint density at radius 1 is 0.872 bits per heavy atom. The zero-order chi connectivity index (χ0) is 27.8. The van der Waals surface area contributed by atoms with Gasteiger partial charge in [0.1, 0.15) is 5.75 Å². The van der Waals surface area contributed by atoms with E-state index in [9.17, 15) is 8.42 Å². The first-order valence-corrected chi connectivity index (χ1v) is 16.1. The molecule has 0 spiro atoms. The third kappa shape index (κ3) is 5.29. The van der Waals surface area contributed by atoms with Crippen LogP contribution in [-0.4, -0.2) is 15.5 Å². The Morgan fingerprint density at radius 3 is 2.13 bits per heavy atom. The molecule has 0 aliphatic carbocycles. The van der Waals surface area contributed by atoms with Crippen LogP contribution in [0.25, 0.3) is 0 Å². The van der Waals surface area contributed by atoms with E-state index in [0.29, 0.717) is 16.1 Å². The number of hydrogen-bond donors (Lipinski definition) is 0. The summed E-state index contributed by atoms with van der Waals surface area (Å²) in [6.45, 7) is 6.19. The first-order valence-electron chi connectivity index (χ1n) is 12.5. The number of rotatable bonds is 6. The first-order chi connectivity index (χ1) is 18.5. The summed E-state index contributed by atoms with van der Waals surface area (Å²) in [4.78, 5) is 2.22. The van der Waals surface area contributed by atoms with E-state index in [1.807, 2.05) is 62.3 Å². The second kappa shape index (κ2) is 10.3. The molecule has 0 amide bonds. The monoisotopic (exact) mass is 576 g/mol. The second-order valence-corrected chi connectivity index (χ2v) is 14.8. The number of aryl methyl sites for hydroxylation is 1. The average molecular weight is 577 g/mol. The lowest BCUT2D eigenvalue weighted by atomic mass is 9.84. The number of sulfonamides is 1. The zero-order valence-corrected chi connectivity index (χ0v) is 24.7. The van der Waals surface area contributed by atoms with Crippen molar-refractivity contribution in [2.24, 2.45) is 4.15 Å². The van der Waals surface area contributed by atoms with Crippen molar-refractivity contribution in [1.82, 2.24) is 0 Å².